The third kappa shape index (κ3) is 2.75. The lowest BCUT2D eigenvalue weighted by Crippen LogP contribution is -2.42. The lowest BCUT2D eigenvalue weighted by Gasteiger charge is -2.41. The average Bonchev–Trinajstić information content (AvgIpc) is 2.36. The Labute approximate surface area is 113 Å². The van der Waals surface area contributed by atoms with Gasteiger partial charge in [-0.15, -0.1) is 11.8 Å². The molecular weight excluding hydrogens is 246 g/mol. The van der Waals surface area contributed by atoms with Gasteiger partial charge < -0.3 is 14.8 Å². The van der Waals surface area contributed by atoms with Gasteiger partial charge in [-0.05, 0) is 32.0 Å². The van der Waals surface area contributed by atoms with Gasteiger partial charge in [0.25, 0.3) is 0 Å². The number of ether oxygens (including phenoxy) is 2. The van der Waals surface area contributed by atoms with Gasteiger partial charge in [-0.2, -0.15) is 0 Å². The van der Waals surface area contributed by atoms with Gasteiger partial charge in [-0.25, -0.2) is 0 Å². The highest BCUT2D eigenvalue weighted by atomic mass is 32.2. The Kier molecular flexibility index (Phi) is 4.40. The summed E-state index contributed by atoms with van der Waals surface area (Å²) < 4.78 is 11.0. The van der Waals surface area contributed by atoms with Crippen LogP contribution < -0.4 is 14.8 Å². The van der Waals surface area contributed by atoms with Crippen molar-refractivity contribution in [2.45, 2.75) is 28.9 Å². The van der Waals surface area contributed by atoms with Crippen LogP contribution in [-0.4, -0.2) is 32.6 Å². The summed E-state index contributed by atoms with van der Waals surface area (Å²) in [6, 6.07) is 6.04. The highest BCUT2D eigenvalue weighted by molar-refractivity contribution is 8.00. The minimum Gasteiger partial charge on any atom is -0.497 e. The van der Waals surface area contributed by atoms with Crippen LogP contribution >= 0.6 is 11.8 Å². The quantitative estimate of drug-likeness (QED) is 0.858. The van der Waals surface area contributed by atoms with Crippen molar-refractivity contribution >= 4 is 11.8 Å². The van der Waals surface area contributed by atoms with Crippen molar-refractivity contribution in [2.75, 3.05) is 27.8 Å². The molecular formula is C14H21NO2S. The number of thioether (sulfide) groups is 1. The molecule has 1 fully saturated rings. The first-order valence-electron chi connectivity index (χ1n) is 6.29. The zero-order chi connectivity index (χ0) is 13.0. The zero-order valence-electron chi connectivity index (χ0n) is 11.3. The molecule has 0 unspecified atom stereocenters. The lowest BCUT2D eigenvalue weighted by molar-refractivity contribution is 0.351. The van der Waals surface area contributed by atoms with E-state index in [4.69, 9.17) is 9.47 Å². The molecule has 4 heteroatoms. The Morgan fingerprint density at radius 1 is 1.28 bits per heavy atom. The van der Waals surface area contributed by atoms with E-state index >= 15 is 0 Å². The fourth-order valence-corrected chi connectivity index (χ4v) is 3.86. The van der Waals surface area contributed by atoms with Crippen LogP contribution in [0.15, 0.2) is 23.1 Å². The van der Waals surface area contributed by atoms with E-state index in [2.05, 4.69) is 11.4 Å². The van der Waals surface area contributed by atoms with Crippen molar-refractivity contribution < 1.29 is 9.47 Å². The largest absolute Gasteiger partial charge is 0.497 e. The van der Waals surface area contributed by atoms with Crippen molar-refractivity contribution in [3.8, 4) is 11.5 Å². The second kappa shape index (κ2) is 5.85. The van der Waals surface area contributed by atoms with Crippen molar-refractivity contribution in [3.63, 3.8) is 0 Å². The van der Waals surface area contributed by atoms with Gasteiger partial charge in [0.1, 0.15) is 11.5 Å². The molecule has 0 aliphatic heterocycles. The lowest BCUT2D eigenvalue weighted by atomic mass is 9.84. The molecule has 0 aromatic heterocycles. The summed E-state index contributed by atoms with van der Waals surface area (Å²) in [4.78, 5) is 1.20. The Morgan fingerprint density at radius 2 is 2.06 bits per heavy atom. The summed E-state index contributed by atoms with van der Waals surface area (Å²) >= 11 is 1.93. The second-order valence-corrected chi connectivity index (χ2v) is 6.20. The smallest absolute Gasteiger partial charge is 0.136 e. The van der Waals surface area contributed by atoms with Gasteiger partial charge in [0.15, 0.2) is 0 Å². The van der Waals surface area contributed by atoms with Gasteiger partial charge in [0.05, 0.1) is 19.1 Å². The van der Waals surface area contributed by atoms with Crippen molar-refractivity contribution in [1.82, 2.24) is 5.32 Å². The van der Waals surface area contributed by atoms with Gasteiger partial charge in [0.2, 0.25) is 0 Å². The summed E-state index contributed by atoms with van der Waals surface area (Å²) in [6.07, 6.45) is 3.87. The van der Waals surface area contributed by atoms with E-state index in [1.807, 2.05) is 30.9 Å². The van der Waals surface area contributed by atoms with Crippen LogP contribution in [-0.2, 0) is 0 Å². The first-order chi connectivity index (χ1) is 8.73. The van der Waals surface area contributed by atoms with Crippen LogP contribution in [0.4, 0.5) is 0 Å². The van der Waals surface area contributed by atoms with Crippen LogP contribution in [0.3, 0.4) is 0 Å². The third-order valence-corrected chi connectivity index (χ3v) is 5.00. The molecule has 1 aliphatic rings. The zero-order valence-corrected chi connectivity index (χ0v) is 12.1. The Hall–Kier alpha value is -0.870. The molecule has 1 aromatic rings. The predicted octanol–water partition coefficient (Wildman–Crippen LogP) is 2.94. The molecule has 0 radical (unpaired) electrons. The molecule has 1 N–H and O–H groups in total. The van der Waals surface area contributed by atoms with Crippen LogP contribution in [0.2, 0.25) is 0 Å². The minimum atomic E-state index is 0.344. The van der Waals surface area contributed by atoms with Gasteiger partial charge >= 0.3 is 0 Å². The summed E-state index contributed by atoms with van der Waals surface area (Å²) in [7, 11) is 5.41. The maximum Gasteiger partial charge on any atom is 0.136 e. The molecule has 0 heterocycles. The summed E-state index contributed by atoms with van der Waals surface area (Å²) in [5.74, 6) is 1.74. The molecule has 1 aromatic carbocycles. The van der Waals surface area contributed by atoms with E-state index in [0.717, 1.165) is 18.0 Å². The highest BCUT2D eigenvalue weighted by Crippen LogP contribution is 2.49. The molecule has 0 amide bonds. The van der Waals surface area contributed by atoms with Gasteiger partial charge in [-0.1, -0.05) is 6.42 Å². The Balaban J connectivity index is 2.17. The van der Waals surface area contributed by atoms with E-state index in [-0.39, 0.29) is 0 Å². The molecule has 0 bridgehead atoms. The van der Waals surface area contributed by atoms with E-state index in [0.29, 0.717) is 4.75 Å². The molecule has 18 heavy (non-hydrogen) atoms. The Morgan fingerprint density at radius 3 is 2.56 bits per heavy atom. The molecule has 1 saturated carbocycles. The van der Waals surface area contributed by atoms with Crippen LogP contribution in [0.1, 0.15) is 19.3 Å². The van der Waals surface area contributed by atoms with E-state index in [9.17, 15) is 0 Å². The van der Waals surface area contributed by atoms with Gasteiger partial charge in [0, 0.05) is 17.4 Å². The SMILES string of the molecule is CNCC1(Sc2ccc(OC)cc2OC)CCC1. The predicted molar refractivity (Wildman–Crippen MR) is 75.9 cm³/mol. The fourth-order valence-electron chi connectivity index (χ4n) is 2.30. The van der Waals surface area contributed by atoms with Crippen LogP contribution in [0, 0.1) is 0 Å². The van der Waals surface area contributed by atoms with Crippen molar-refractivity contribution in [2.24, 2.45) is 0 Å². The normalized spacial score (nSPS) is 17.1. The third-order valence-electron chi connectivity index (χ3n) is 3.46. The monoisotopic (exact) mass is 267 g/mol. The number of rotatable bonds is 6. The fraction of sp³-hybridized carbons (Fsp3) is 0.571. The molecule has 100 valence electrons. The molecule has 1 aliphatic carbocycles. The molecule has 0 atom stereocenters. The first-order valence-corrected chi connectivity index (χ1v) is 7.10. The topological polar surface area (TPSA) is 30.5 Å². The number of hydrogen-bond acceptors (Lipinski definition) is 4. The maximum atomic E-state index is 5.46. The van der Waals surface area contributed by atoms with E-state index in [1.165, 1.54) is 24.2 Å². The number of benzene rings is 1. The Bertz CT molecular complexity index is 405. The molecule has 0 saturated heterocycles. The first kappa shape index (κ1) is 13.6. The van der Waals surface area contributed by atoms with Crippen molar-refractivity contribution in [1.29, 1.82) is 0 Å². The summed E-state index contributed by atoms with van der Waals surface area (Å²) in [5, 5.41) is 3.30. The van der Waals surface area contributed by atoms with Crippen LogP contribution in [0.25, 0.3) is 0 Å². The van der Waals surface area contributed by atoms with Gasteiger partial charge in [-0.3, -0.25) is 0 Å². The number of nitrogens with one attached hydrogen (secondary N) is 1. The van der Waals surface area contributed by atoms with E-state index in [1.54, 1.807) is 14.2 Å². The molecule has 3 nitrogen and oxygen atoms in total. The molecule has 0 spiro atoms. The average molecular weight is 267 g/mol. The maximum absolute atomic E-state index is 5.46. The van der Waals surface area contributed by atoms with Crippen molar-refractivity contribution in [3.05, 3.63) is 18.2 Å². The standard InChI is InChI=1S/C14H21NO2S/c1-15-10-14(7-4-8-14)18-13-6-5-11(16-2)9-12(13)17-3/h5-6,9,15H,4,7-8,10H2,1-3H3. The van der Waals surface area contributed by atoms with Crippen LogP contribution in [0.5, 0.6) is 11.5 Å². The summed E-state index contributed by atoms with van der Waals surface area (Å²) in [6.45, 7) is 1.05. The minimum absolute atomic E-state index is 0.344. The van der Waals surface area contributed by atoms with E-state index < -0.39 is 0 Å². The number of hydrogen-bond donors (Lipinski definition) is 1. The second-order valence-electron chi connectivity index (χ2n) is 4.69. The molecule has 2 rings (SSSR count). The highest BCUT2D eigenvalue weighted by Gasteiger charge is 2.38. The number of methoxy groups -OCH3 is 2. The summed E-state index contributed by atoms with van der Waals surface area (Å²) in [5.41, 5.74) is 0.